The van der Waals surface area contributed by atoms with E-state index in [1.54, 1.807) is 0 Å². The molecule has 7 heteroatoms. The second-order valence-electron chi connectivity index (χ2n) is 4.47. The molecule has 0 bridgehead atoms. The third-order valence-corrected chi connectivity index (χ3v) is 3.84. The number of hydrogen-bond acceptors (Lipinski definition) is 4. The van der Waals surface area contributed by atoms with Gasteiger partial charge in [0.25, 0.3) is 0 Å². The van der Waals surface area contributed by atoms with Gasteiger partial charge < -0.3 is 0 Å². The molecule has 3 rings (SSSR count). The molecule has 0 aliphatic rings. The maximum atomic E-state index is 12.6. The van der Waals surface area contributed by atoms with Crippen LogP contribution in [0.2, 0.25) is 0 Å². The standard InChI is InChI=1S/C15H10F3N3S/c16-15(17,18)10-4-3-5-11(8-10)21-19-9-14-20-12-6-1-2-7-13(12)22-14/h1-9,21H. The lowest BCUT2D eigenvalue weighted by atomic mass is 10.2. The van der Waals surface area contributed by atoms with Gasteiger partial charge in [-0.05, 0) is 30.3 Å². The second-order valence-corrected chi connectivity index (χ2v) is 5.53. The van der Waals surface area contributed by atoms with Crippen LogP contribution in [0.25, 0.3) is 10.2 Å². The topological polar surface area (TPSA) is 37.3 Å². The maximum absolute atomic E-state index is 12.6. The number of halogens is 3. The Morgan fingerprint density at radius 2 is 1.91 bits per heavy atom. The Morgan fingerprint density at radius 1 is 1.09 bits per heavy atom. The number of anilines is 1. The van der Waals surface area contributed by atoms with Crippen LogP contribution in [0, 0.1) is 0 Å². The van der Waals surface area contributed by atoms with Crippen LogP contribution in [0.1, 0.15) is 10.6 Å². The van der Waals surface area contributed by atoms with Gasteiger partial charge in [0.15, 0.2) is 0 Å². The van der Waals surface area contributed by atoms with Gasteiger partial charge in [-0.2, -0.15) is 18.3 Å². The Balaban J connectivity index is 1.74. The summed E-state index contributed by atoms with van der Waals surface area (Å²) in [6, 6.07) is 12.5. The molecule has 0 saturated heterocycles. The van der Waals surface area contributed by atoms with Gasteiger partial charge in [-0.25, -0.2) is 4.98 Å². The molecule has 0 fully saturated rings. The number of aromatic nitrogens is 1. The van der Waals surface area contributed by atoms with Gasteiger partial charge in [-0.1, -0.05) is 18.2 Å². The first-order valence-electron chi connectivity index (χ1n) is 6.34. The molecule has 1 N–H and O–H groups in total. The van der Waals surface area contributed by atoms with Crippen molar-refractivity contribution in [1.29, 1.82) is 0 Å². The molecule has 0 amide bonds. The summed E-state index contributed by atoms with van der Waals surface area (Å²) in [4.78, 5) is 4.35. The molecule has 0 atom stereocenters. The van der Waals surface area contributed by atoms with E-state index < -0.39 is 11.7 Å². The molecule has 2 aromatic carbocycles. The summed E-state index contributed by atoms with van der Waals surface area (Å²) in [5, 5.41) is 4.62. The Labute approximate surface area is 128 Å². The summed E-state index contributed by atoms with van der Waals surface area (Å²) in [7, 11) is 0. The predicted molar refractivity (Wildman–Crippen MR) is 82.3 cm³/mol. The minimum Gasteiger partial charge on any atom is -0.278 e. The number of hydrazone groups is 1. The summed E-state index contributed by atoms with van der Waals surface area (Å²) < 4.78 is 38.8. The highest BCUT2D eigenvalue weighted by Gasteiger charge is 2.30. The van der Waals surface area contributed by atoms with Crippen LogP contribution in [-0.4, -0.2) is 11.2 Å². The van der Waals surface area contributed by atoms with Crippen LogP contribution in [0.15, 0.2) is 53.6 Å². The predicted octanol–water partition coefficient (Wildman–Crippen LogP) is 4.76. The molecule has 1 heterocycles. The molecule has 1 aromatic heterocycles. The number of hydrogen-bond donors (Lipinski definition) is 1. The van der Waals surface area contributed by atoms with E-state index >= 15 is 0 Å². The minimum atomic E-state index is -4.37. The normalized spacial score (nSPS) is 12.1. The molecule has 0 radical (unpaired) electrons. The molecule has 0 spiro atoms. The molecule has 3 nitrogen and oxygen atoms in total. The van der Waals surface area contributed by atoms with E-state index in [0.29, 0.717) is 5.01 Å². The van der Waals surface area contributed by atoms with Gasteiger partial charge in [-0.3, -0.25) is 5.43 Å². The molecule has 0 unspecified atom stereocenters. The molecule has 0 aliphatic heterocycles. The van der Waals surface area contributed by atoms with Crippen molar-refractivity contribution in [2.45, 2.75) is 6.18 Å². The molecule has 0 aliphatic carbocycles. The highest BCUT2D eigenvalue weighted by Crippen LogP contribution is 2.30. The maximum Gasteiger partial charge on any atom is 0.416 e. The third-order valence-electron chi connectivity index (χ3n) is 2.87. The number of thiazole rings is 1. The lowest BCUT2D eigenvalue weighted by Crippen LogP contribution is -2.05. The number of rotatable bonds is 3. The van der Waals surface area contributed by atoms with Crippen molar-refractivity contribution < 1.29 is 13.2 Å². The SMILES string of the molecule is FC(F)(F)c1cccc(NN=Cc2nc3ccccc3s2)c1. The first-order valence-corrected chi connectivity index (χ1v) is 7.16. The Hall–Kier alpha value is -2.41. The molecular formula is C15H10F3N3S. The highest BCUT2D eigenvalue weighted by molar-refractivity contribution is 7.20. The van der Waals surface area contributed by atoms with E-state index in [-0.39, 0.29) is 5.69 Å². The van der Waals surface area contributed by atoms with Gasteiger partial charge in [-0.15, -0.1) is 11.3 Å². The van der Waals surface area contributed by atoms with Crippen LogP contribution < -0.4 is 5.43 Å². The molecule has 22 heavy (non-hydrogen) atoms. The fourth-order valence-electron chi connectivity index (χ4n) is 1.87. The summed E-state index contributed by atoms with van der Waals surface area (Å²) in [5.41, 5.74) is 3.01. The third kappa shape index (κ3) is 3.25. The fraction of sp³-hybridized carbons (Fsp3) is 0.0667. The Bertz CT molecular complexity index is 791. The minimum absolute atomic E-state index is 0.271. The zero-order valence-corrected chi connectivity index (χ0v) is 11.9. The summed E-state index contributed by atoms with van der Waals surface area (Å²) in [6.45, 7) is 0. The largest absolute Gasteiger partial charge is 0.416 e. The quantitative estimate of drug-likeness (QED) is 0.558. The van der Waals surface area contributed by atoms with E-state index in [9.17, 15) is 13.2 Å². The number of nitrogens with one attached hydrogen (secondary N) is 1. The molecule has 0 saturated carbocycles. The van der Waals surface area contributed by atoms with Crippen molar-refractivity contribution >= 4 is 33.5 Å². The smallest absolute Gasteiger partial charge is 0.278 e. The number of alkyl halides is 3. The summed E-state index contributed by atoms with van der Waals surface area (Å²) in [6.07, 6.45) is -2.88. The van der Waals surface area contributed by atoms with Gasteiger partial charge in [0.05, 0.1) is 27.7 Å². The number of fused-ring (bicyclic) bond motifs is 1. The lowest BCUT2D eigenvalue weighted by Gasteiger charge is -2.07. The first-order chi connectivity index (χ1) is 10.5. The van der Waals surface area contributed by atoms with Crippen LogP contribution in [0.3, 0.4) is 0 Å². The molecule has 112 valence electrons. The summed E-state index contributed by atoms with van der Waals surface area (Å²) >= 11 is 1.46. The average Bonchev–Trinajstić information content (AvgIpc) is 2.89. The Morgan fingerprint density at radius 3 is 2.68 bits per heavy atom. The number of benzene rings is 2. The van der Waals surface area contributed by atoms with Crippen molar-refractivity contribution in [3.63, 3.8) is 0 Å². The van der Waals surface area contributed by atoms with Crippen molar-refractivity contribution in [1.82, 2.24) is 4.98 Å². The van der Waals surface area contributed by atoms with E-state index in [4.69, 9.17) is 0 Å². The van der Waals surface area contributed by atoms with Gasteiger partial charge >= 0.3 is 6.18 Å². The second kappa shape index (κ2) is 5.76. The lowest BCUT2D eigenvalue weighted by molar-refractivity contribution is -0.137. The average molecular weight is 321 g/mol. The van der Waals surface area contributed by atoms with Crippen molar-refractivity contribution in [2.75, 3.05) is 5.43 Å². The molecule has 3 aromatic rings. The van der Waals surface area contributed by atoms with Gasteiger partial charge in [0, 0.05) is 0 Å². The first kappa shape index (κ1) is 14.5. The van der Waals surface area contributed by atoms with Crippen LogP contribution in [0.5, 0.6) is 0 Å². The number of para-hydroxylation sites is 1. The molecular weight excluding hydrogens is 311 g/mol. The van der Waals surface area contributed by atoms with Gasteiger partial charge in [0.1, 0.15) is 5.01 Å². The van der Waals surface area contributed by atoms with Crippen LogP contribution >= 0.6 is 11.3 Å². The fourth-order valence-corrected chi connectivity index (χ4v) is 2.71. The Kier molecular flexibility index (Phi) is 3.81. The highest BCUT2D eigenvalue weighted by atomic mass is 32.1. The monoisotopic (exact) mass is 321 g/mol. The van der Waals surface area contributed by atoms with E-state index in [0.717, 1.165) is 22.3 Å². The zero-order valence-electron chi connectivity index (χ0n) is 11.1. The van der Waals surface area contributed by atoms with Crippen molar-refractivity contribution in [3.8, 4) is 0 Å². The van der Waals surface area contributed by atoms with Crippen LogP contribution in [-0.2, 0) is 6.18 Å². The van der Waals surface area contributed by atoms with Crippen LogP contribution in [0.4, 0.5) is 18.9 Å². The van der Waals surface area contributed by atoms with E-state index in [1.807, 2.05) is 24.3 Å². The van der Waals surface area contributed by atoms with Crippen molar-refractivity contribution in [3.05, 3.63) is 59.1 Å². The zero-order chi connectivity index (χ0) is 15.6. The van der Waals surface area contributed by atoms with Gasteiger partial charge in [0.2, 0.25) is 0 Å². The van der Waals surface area contributed by atoms with E-state index in [1.165, 1.54) is 29.7 Å². The summed E-state index contributed by atoms with van der Waals surface area (Å²) in [5.74, 6) is 0. The number of nitrogens with zero attached hydrogens (tertiary/aromatic N) is 2. The van der Waals surface area contributed by atoms with E-state index in [2.05, 4.69) is 15.5 Å². The van der Waals surface area contributed by atoms with Crippen molar-refractivity contribution in [2.24, 2.45) is 5.10 Å².